The van der Waals surface area contributed by atoms with Gasteiger partial charge in [-0.15, -0.1) is 0 Å². The average Bonchev–Trinajstić information content (AvgIpc) is 2.91. The van der Waals surface area contributed by atoms with Gasteiger partial charge in [-0.1, -0.05) is 88.7 Å². The fourth-order valence-corrected chi connectivity index (χ4v) is 4.33. The van der Waals surface area contributed by atoms with Crippen LogP contribution < -0.4 is 10.6 Å². The average molecular weight is 538 g/mol. The van der Waals surface area contributed by atoms with Crippen molar-refractivity contribution in [2.24, 2.45) is 5.92 Å². The van der Waals surface area contributed by atoms with Crippen molar-refractivity contribution < 1.29 is 19.1 Å². The van der Waals surface area contributed by atoms with Crippen molar-refractivity contribution in [3.8, 4) is 0 Å². The molecule has 7 nitrogen and oxygen atoms in total. The highest BCUT2D eigenvalue weighted by Gasteiger charge is 2.40. The zero-order chi connectivity index (χ0) is 29.2. The molecule has 0 radical (unpaired) electrons. The third-order valence-corrected chi connectivity index (χ3v) is 7.01. The minimum atomic E-state index is -0.867. The van der Waals surface area contributed by atoms with Gasteiger partial charge < -0.3 is 20.3 Å². The van der Waals surface area contributed by atoms with E-state index >= 15 is 0 Å². The van der Waals surface area contributed by atoms with Gasteiger partial charge in [-0.2, -0.15) is 0 Å². The Hall–Kier alpha value is -3.35. The molecule has 2 aromatic carbocycles. The van der Waals surface area contributed by atoms with Gasteiger partial charge in [0.2, 0.25) is 11.8 Å². The van der Waals surface area contributed by atoms with Crippen LogP contribution in [-0.4, -0.2) is 40.5 Å². The molecule has 0 saturated carbocycles. The number of carbonyl (C=O) groups excluding carboxylic acids is 3. The van der Waals surface area contributed by atoms with Crippen LogP contribution in [0, 0.1) is 5.92 Å². The third-order valence-electron chi connectivity index (χ3n) is 7.01. The van der Waals surface area contributed by atoms with Crippen molar-refractivity contribution in [2.45, 2.75) is 105 Å². The Morgan fingerprint density at radius 2 is 1.49 bits per heavy atom. The summed E-state index contributed by atoms with van der Waals surface area (Å²) in [4.78, 5) is 42.7. The molecule has 214 valence electrons. The van der Waals surface area contributed by atoms with Crippen LogP contribution in [0.4, 0.5) is 4.79 Å². The predicted octanol–water partition coefficient (Wildman–Crippen LogP) is 6.17. The summed E-state index contributed by atoms with van der Waals surface area (Å²) in [7, 11) is 0. The number of aryl methyl sites for hydroxylation is 1. The minimum absolute atomic E-state index is 0.174. The number of nitrogens with one attached hydrogen (secondary N) is 2. The first-order valence-electron chi connectivity index (χ1n) is 14.1. The highest BCUT2D eigenvalue weighted by Crippen LogP contribution is 2.28. The number of benzene rings is 2. The zero-order valence-corrected chi connectivity index (χ0v) is 24.9. The monoisotopic (exact) mass is 537 g/mol. The standard InChI is InChI=1S/C32H47N3O4/c1-9-22(4)27(34-31(38)39-32(6,7)8)30(37)35(23(5)10-2)28(26-19-17-24(11-3)18-20-26)29(36)33-21-25-15-13-12-14-16-25/h12-20,22-23,27-28H,9-11,21H2,1-8H3,(H,33,36)(H,34,38). The first-order chi connectivity index (χ1) is 18.4. The van der Waals surface area contributed by atoms with E-state index in [-0.39, 0.29) is 23.8 Å². The second-order valence-electron chi connectivity index (χ2n) is 11.2. The van der Waals surface area contributed by atoms with Crippen molar-refractivity contribution in [1.29, 1.82) is 0 Å². The van der Waals surface area contributed by atoms with E-state index in [2.05, 4.69) is 17.6 Å². The third kappa shape index (κ3) is 9.41. The molecule has 3 amide bonds. The van der Waals surface area contributed by atoms with Crippen LogP contribution in [0.2, 0.25) is 0 Å². The van der Waals surface area contributed by atoms with Gasteiger partial charge in [0.25, 0.3) is 0 Å². The Kier molecular flexibility index (Phi) is 12.0. The molecule has 0 aliphatic heterocycles. The summed E-state index contributed by atoms with van der Waals surface area (Å²) in [6, 6.07) is 15.6. The summed E-state index contributed by atoms with van der Waals surface area (Å²) >= 11 is 0. The van der Waals surface area contributed by atoms with Crippen molar-refractivity contribution in [1.82, 2.24) is 15.5 Å². The lowest BCUT2D eigenvalue weighted by atomic mass is 9.94. The van der Waals surface area contributed by atoms with Gasteiger partial charge in [-0.05, 0) is 63.1 Å². The Labute approximate surface area is 234 Å². The minimum Gasteiger partial charge on any atom is -0.444 e. The summed E-state index contributed by atoms with van der Waals surface area (Å²) in [5, 5.41) is 5.87. The lowest BCUT2D eigenvalue weighted by Crippen LogP contribution is -2.57. The summed E-state index contributed by atoms with van der Waals surface area (Å²) in [5.41, 5.74) is 2.14. The Morgan fingerprint density at radius 3 is 2.00 bits per heavy atom. The molecule has 0 bridgehead atoms. The van der Waals surface area contributed by atoms with E-state index in [1.54, 1.807) is 25.7 Å². The zero-order valence-electron chi connectivity index (χ0n) is 24.9. The van der Waals surface area contributed by atoms with Gasteiger partial charge in [0.15, 0.2) is 0 Å². The first-order valence-corrected chi connectivity index (χ1v) is 14.1. The molecule has 0 spiro atoms. The molecule has 0 fully saturated rings. The van der Waals surface area contributed by atoms with E-state index in [0.29, 0.717) is 19.4 Å². The quantitative estimate of drug-likeness (QED) is 0.339. The van der Waals surface area contributed by atoms with Gasteiger partial charge >= 0.3 is 6.09 Å². The SMILES string of the molecule is CCc1ccc(C(C(=O)NCc2ccccc2)N(C(=O)C(NC(=O)OC(C)(C)C)C(C)CC)C(C)CC)cc1. The van der Waals surface area contributed by atoms with E-state index < -0.39 is 23.8 Å². The number of rotatable bonds is 12. The Morgan fingerprint density at radius 1 is 0.872 bits per heavy atom. The molecule has 0 saturated heterocycles. The molecule has 7 heteroatoms. The van der Waals surface area contributed by atoms with E-state index in [0.717, 1.165) is 23.1 Å². The number of hydrogen-bond acceptors (Lipinski definition) is 4. The van der Waals surface area contributed by atoms with Gasteiger partial charge in [0.05, 0.1) is 0 Å². The fourth-order valence-electron chi connectivity index (χ4n) is 4.33. The number of nitrogens with zero attached hydrogens (tertiary/aromatic N) is 1. The number of carbonyl (C=O) groups is 3. The molecule has 0 heterocycles. The van der Waals surface area contributed by atoms with Crippen molar-refractivity contribution >= 4 is 17.9 Å². The molecular formula is C32H47N3O4. The molecule has 2 aromatic rings. The fraction of sp³-hybridized carbons (Fsp3) is 0.531. The number of ether oxygens (including phenoxy) is 1. The highest BCUT2D eigenvalue weighted by molar-refractivity contribution is 5.92. The molecule has 4 atom stereocenters. The van der Waals surface area contributed by atoms with E-state index in [4.69, 9.17) is 4.74 Å². The molecule has 2 rings (SSSR count). The van der Waals surface area contributed by atoms with Crippen LogP contribution >= 0.6 is 0 Å². The Bertz CT molecular complexity index is 1060. The normalized spacial score (nSPS) is 14.5. The maximum atomic E-state index is 14.3. The molecule has 0 aromatic heterocycles. The van der Waals surface area contributed by atoms with Crippen LogP contribution in [0.25, 0.3) is 0 Å². The molecule has 0 aliphatic rings. The van der Waals surface area contributed by atoms with E-state index in [1.165, 1.54) is 0 Å². The summed E-state index contributed by atoms with van der Waals surface area (Å²) in [6.45, 7) is 15.6. The van der Waals surface area contributed by atoms with Gasteiger partial charge in [0, 0.05) is 12.6 Å². The van der Waals surface area contributed by atoms with Crippen LogP contribution in [0.5, 0.6) is 0 Å². The predicted molar refractivity (Wildman–Crippen MR) is 156 cm³/mol. The van der Waals surface area contributed by atoms with Gasteiger partial charge in [-0.25, -0.2) is 4.79 Å². The lowest BCUT2D eigenvalue weighted by molar-refractivity contribution is -0.146. The van der Waals surface area contributed by atoms with Crippen molar-refractivity contribution in [3.63, 3.8) is 0 Å². The van der Waals surface area contributed by atoms with Crippen LogP contribution in [-0.2, 0) is 27.3 Å². The van der Waals surface area contributed by atoms with E-state index in [9.17, 15) is 14.4 Å². The number of hydrogen-bond donors (Lipinski definition) is 2. The highest BCUT2D eigenvalue weighted by atomic mass is 16.6. The summed E-state index contributed by atoms with van der Waals surface area (Å²) < 4.78 is 5.49. The van der Waals surface area contributed by atoms with Gasteiger partial charge in [-0.3, -0.25) is 9.59 Å². The summed E-state index contributed by atoms with van der Waals surface area (Å²) in [5.74, 6) is -0.743. The van der Waals surface area contributed by atoms with E-state index in [1.807, 2.05) is 82.3 Å². The second kappa shape index (κ2) is 14.7. The number of alkyl carbamates (subject to hydrolysis) is 1. The lowest BCUT2D eigenvalue weighted by Gasteiger charge is -2.39. The maximum Gasteiger partial charge on any atom is 0.408 e. The van der Waals surface area contributed by atoms with Crippen molar-refractivity contribution in [2.75, 3.05) is 0 Å². The molecule has 2 N–H and O–H groups in total. The van der Waals surface area contributed by atoms with Crippen LogP contribution in [0.3, 0.4) is 0 Å². The second-order valence-corrected chi connectivity index (χ2v) is 11.2. The smallest absolute Gasteiger partial charge is 0.408 e. The van der Waals surface area contributed by atoms with Crippen LogP contribution in [0.1, 0.15) is 91.0 Å². The maximum absolute atomic E-state index is 14.3. The van der Waals surface area contributed by atoms with Crippen LogP contribution in [0.15, 0.2) is 54.6 Å². The first kappa shape index (κ1) is 31.9. The van der Waals surface area contributed by atoms with Gasteiger partial charge in [0.1, 0.15) is 17.7 Å². The molecule has 39 heavy (non-hydrogen) atoms. The molecule has 4 unspecified atom stereocenters. The molecular weight excluding hydrogens is 490 g/mol. The topological polar surface area (TPSA) is 87.7 Å². The summed E-state index contributed by atoms with van der Waals surface area (Å²) in [6.07, 6.45) is 1.52. The number of amides is 3. The molecule has 0 aliphatic carbocycles. The Balaban J connectivity index is 2.52. The van der Waals surface area contributed by atoms with Crippen molar-refractivity contribution in [3.05, 3.63) is 71.3 Å². The largest absolute Gasteiger partial charge is 0.444 e.